The highest BCUT2D eigenvalue weighted by Gasteiger charge is 2.15. The number of thiazole rings is 1. The number of hydrogen-bond acceptors (Lipinski definition) is 3. The lowest BCUT2D eigenvalue weighted by Crippen LogP contribution is -1.91. The number of imidazole rings is 1. The van der Waals surface area contributed by atoms with Gasteiger partial charge in [-0.25, -0.2) is 4.98 Å². The molecule has 4 aromatic rings. The molecular formula is C20H20N2OS. The molecule has 0 amide bonds. The maximum absolute atomic E-state index is 5.53. The summed E-state index contributed by atoms with van der Waals surface area (Å²) in [5.74, 6) is 0.900. The molecule has 0 aliphatic heterocycles. The number of aryl methyl sites for hydroxylation is 3. The van der Waals surface area contributed by atoms with Gasteiger partial charge in [-0.1, -0.05) is 11.3 Å². The zero-order chi connectivity index (χ0) is 16.8. The van der Waals surface area contributed by atoms with Crippen LogP contribution in [0.3, 0.4) is 0 Å². The second kappa shape index (κ2) is 5.64. The van der Waals surface area contributed by atoms with Crippen molar-refractivity contribution in [2.75, 3.05) is 6.61 Å². The largest absolute Gasteiger partial charge is 0.494 e. The molecule has 122 valence electrons. The van der Waals surface area contributed by atoms with Crippen LogP contribution in [0.4, 0.5) is 0 Å². The van der Waals surface area contributed by atoms with E-state index in [0.717, 1.165) is 22.0 Å². The molecule has 4 heteroatoms. The molecule has 0 spiro atoms. The predicted molar refractivity (Wildman–Crippen MR) is 101 cm³/mol. The molecule has 2 heterocycles. The number of fused-ring (bicyclic) bond motifs is 3. The first-order valence-electron chi connectivity index (χ1n) is 8.20. The van der Waals surface area contributed by atoms with Gasteiger partial charge in [0.1, 0.15) is 5.75 Å². The van der Waals surface area contributed by atoms with Crippen molar-refractivity contribution in [2.24, 2.45) is 0 Å². The number of rotatable bonds is 3. The average Bonchev–Trinajstić information content (AvgIpc) is 3.06. The second-order valence-electron chi connectivity index (χ2n) is 6.13. The van der Waals surface area contributed by atoms with Crippen LogP contribution in [-0.4, -0.2) is 16.0 Å². The lowest BCUT2D eigenvalue weighted by Gasteiger charge is -2.05. The van der Waals surface area contributed by atoms with Gasteiger partial charge in [0.15, 0.2) is 4.96 Å². The Hall–Kier alpha value is -2.33. The summed E-state index contributed by atoms with van der Waals surface area (Å²) in [6.45, 7) is 9.15. The topological polar surface area (TPSA) is 26.5 Å². The first-order valence-corrected chi connectivity index (χ1v) is 9.02. The van der Waals surface area contributed by atoms with Gasteiger partial charge in [-0.2, -0.15) is 0 Å². The van der Waals surface area contributed by atoms with Crippen LogP contribution < -0.4 is 4.74 Å². The molecule has 0 radical (unpaired) electrons. The van der Waals surface area contributed by atoms with Crippen LogP contribution in [0, 0.1) is 20.8 Å². The number of nitrogens with zero attached hydrogens (tertiary/aromatic N) is 2. The van der Waals surface area contributed by atoms with Crippen LogP contribution in [0.1, 0.15) is 23.7 Å². The van der Waals surface area contributed by atoms with E-state index in [2.05, 4.69) is 49.4 Å². The molecule has 3 nitrogen and oxygen atoms in total. The molecule has 2 aromatic carbocycles. The third kappa shape index (κ3) is 2.29. The van der Waals surface area contributed by atoms with Crippen LogP contribution in [0.2, 0.25) is 0 Å². The maximum Gasteiger partial charge on any atom is 0.195 e. The van der Waals surface area contributed by atoms with Crippen LogP contribution in [0.25, 0.3) is 26.4 Å². The van der Waals surface area contributed by atoms with Crippen LogP contribution in [0.15, 0.2) is 36.4 Å². The van der Waals surface area contributed by atoms with E-state index in [4.69, 9.17) is 9.72 Å². The Morgan fingerprint density at radius 2 is 1.75 bits per heavy atom. The Morgan fingerprint density at radius 1 is 1.04 bits per heavy atom. The monoisotopic (exact) mass is 336 g/mol. The minimum atomic E-state index is 0.684. The molecule has 2 aromatic heterocycles. The molecule has 0 atom stereocenters. The summed E-state index contributed by atoms with van der Waals surface area (Å²) in [6, 6.07) is 12.7. The number of hydrogen-bond donors (Lipinski definition) is 0. The van der Waals surface area contributed by atoms with E-state index in [1.807, 2.05) is 19.1 Å². The Morgan fingerprint density at radius 3 is 2.46 bits per heavy atom. The summed E-state index contributed by atoms with van der Waals surface area (Å²) in [4.78, 5) is 5.95. The van der Waals surface area contributed by atoms with Crippen LogP contribution in [-0.2, 0) is 0 Å². The fourth-order valence-electron chi connectivity index (χ4n) is 3.11. The lowest BCUT2D eigenvalue weighted by molar-refractivity contribution is 0.340. The van der Waals surface area contributed by atoms with E-state index in [1.165, 1.54) is 27.0 Å². The molecule has 0 aliphatic carbocycles. The normalized spacial score (nSPS) is 11.5. The summed E-state index contributed by atoms with van der Waals surface area (Å²) < 4.78 is 9.10. The Labute approximate surface area is 145 Å². The van der Waals surface area contributed by atoms with Gasteiger partial charge in [0.2, 0.25) is 0 Å². The van der Waals surface area contributed by atoms with Crippen molar-refractivity contribution >= 4 is 26.5 Å². The molecule has 0 saturated heterocycles. The Bertz CT molecular complexity index is 1040. The van der Waals surface area contributed by atoms with Crippen molar-refractivity contribution in [3.05, 3.63) is 53.2 Å². The first kappa shape index (κ1) is 15.2. The van der Waals surface area contributed by atoms with E-state index < -0.39 is 0 Å². The maximum atomic E-state index is 5.53. The Kier molecular flexibility index (Phi) is 3.57. The summed E-state index contributed by atoms with van der Waals surface area (Å²) in [7, 11) is 0. The van der Waals surface area contributed by atoms with Crippen molar-refractivity contribution in [1.82, 2.24) is 9.38 Å². The molecular weight excluding hydrogens is 316 g/mol. The highest BCUT2D eigenvalue weighted by Crippen LogP contribution is 2.34. The van der Waals surface area contributed by atoms with E-state index in [1.54, 1.807) is 11.3 Å². The van der Waals surface area contributed by atoms with Gasteiger partial charge in [-0.15, -0.1) is 0 Å². The molecule has 0 N–H and O–H groups in total. The number of ether oxygens (including phenoxy) is 1. The number of aromatic nitrogens is 2. The highest BCUT2D eigenvalue weighted by molar-refractivity contribution is 7.23. The standard InChI is InChI=1S/C20H20N2OS/c1-5-23-16-8-6-15(7-9-16)19-14(4)22-17-10-12(2)13(3)11-18(17)24-20(22)21-19/h6-11H,5H2,1-4H3. The van der Waals surface area contributed by atoms with Gasteiger partial charge in [-0.05, 0) is 75.2 Å². The van der Waals surface area contributed by atoms with Crippen molar-refractivity contribution in [1.29, 1.82) is 0 Å². The molecule has 0 unspecified atom stereocenters. The fourth-order valence-corrected chi connectivity index (χ4v) is 4.26. The number of benzene rings is 2. The third-order valence-corrected chi connectivity index (χ3v) is 5.54. The van der Waals surface area contributed by atoms with E-state index in [9.17, 15) is 0 Å². The zero-order valence-electron chi connectivity index (χ0n) is 14.4. The lowest BCUT2D eigenvalue weighted by atomic mass is 10.1. The Balaban J connectivity index is 1.88. The van der Waals surface area contributed by atoms with Crippen LogP contribution in [0.5, 0.6) is 5.75 Å². The predicted octanol–water partition coefficient (Wildman–Crippen LogP) is 5.54. The third-order valence-electron chi connectivity index (χ3n) is 4.53. The van der Waals surface area contributed by atoms with E-state index in [0.29, 0.717) is 6.61 Å². The minimum absolute atomic E-state index is 0.684. The van der Waals surface area contributed by atoms with E-state index in [-0.39, 0.29) is 0 Å². The molecule has 24 heavy (non-hydrogen) atoms. The van der Waals surface area contributed by atoms with Crippen molar-refractivity contribution in [2.45, 2.75) is 27.7 Å². The first-order chi connectivity index (χ1) is 11.6. The van der Waals surface area contributed by atoms with Gasteiger partial charge in [0.05, 0.1) is 22.5 Å². The van der Waals surface area contributed by atoms with Crippen molar-refractivity contribution in [3.8, 4) is 17.0 Å². The molecule has 4 rings (SSSR count). The van der Waals surface area contributed by atoms with E-state index >= 15 is 0 Å². The molecule has 0 saturated carbocycles. The van der Waals surface area contributed by atoms with Gasteiger partial charge >= 0.3 is 0 Å². The smallest absolute Gasteiger partial charge is 0.195 e. The zero-order valence-corrected chi connectivity index (χ0v) is 15.2. The van der Waals surface area contributed by atoms with Gasteiger partial charge in [0, 0.05) is 11.3 Å². The van der Waals surface area contributed by atoms with Gasteiger partial charge in [-0.3, -0.25) is 4.40 Å². The molecule has 0 aliphatic rings. The highest BCUT2D eigenvalue weighted by atomic mass is 32.1. The van der Waals surface area contributed by atoms with Crippen LogP contribution >= 0.6 is 11.3 Å². The van der Waals surface area contributed by atoms with Gasteiger partial charge < -0.3 is 4.74 Å². The summed E-state index contributed by atoms with van der Waals surface area (Å²) in [6.07, 6.45) is 0. The SMILES string of the molecule is CCOc1ccc(-c2nc3sc4cc(C)c(C)cc4n3c2C)cc1. The quantitative estimate of drug-likeness (QED) is 0.491. The van der Waals surface area contributed by atoms with Crippen molar-refractivity contribution in [3.63, 3.8) is 0 Å². The minimum Gasteiger partial charge on any atom is -0.494 e. The fraction of sp³-hybridized carbons (Fsp3) is 0.250. The summed E-state index contributed by atoms with van der Waals surface area (Å²) in [5.41, 5.74) is 7.26. The van der Waals surface area contributed by atoms with Gasteiger partial charge in [0.25, 0.3) is 0 Å². The van der Waals surface area contributed by atoms with Crippen molar-refractivity contribution < 1.29 is 4.74 Å². The second-order valence-corrected chi connectivity index (χ2v) is 7.14. The summed E-state index contributed by atoms with van der Waals surface area (Å²) in [5, 5.41) is 0. The molecule has 0 bridgehead atoms. The average molecular weight is 336 g/mol. The molecule has 0 fully saturated rings. The summed E-state index contributed by atoms with van der Waals surface area (Å²) >= 11 is 1.75.